The molecular formula is C19H20N7O5S2+. The van der Waals surface area contributed by atoms with Crippen LogP contribution in [0, 0.1) is 6.92 Å². The Morgan fingerprint density at radius 1 is 1.42 bits per heavy atom. The summed E-state index contributed by atoms with van der Waals surface area (Å²) in [5.74, 6) is -2.07. The number of hydrogen-bond acceptors (Lipinski definition) is 10. The van der Waals surface area contributed by atoms with E-state index in [1.165, 1.54) is 23.8 Å². The number of nitrogens with two attached hydrogens (primary N) is 1. The Bertz CT molecular complexity index is 1180. The molecule has 2 aliphatic heterocycles. The Kier molecular flexibility index (Phi) is 6.29. The maximum Gasteiger partial charge on any atom is 0.352 e. The number of amides is 2. The van der Waals surface area contributed by atoms with Crippen LogP contribution in [0.15, 0.2) is 41.0 Å². The Hall–Kier alpha value is -3.52. The molecule has 1 saturated heterocycles. The summed E-state index contributed by atoms with van der Waals surface area (Å²) in [5.41, 5.74) is 6.98. The number of nitrogen functional groups attached to an aromatic ring is 1. The molecule has 2 aromatic heterocycles. The van der Waals surface area contributed by atoms with Crippen molar-refractivity contribution in [2.24, 2.45) is 5.16 Å². The van der Waals surface area contributed by atoms with Crippen molar-refractivity contribution >= 4 is 51.9 Å². The minimum absolute atomic E-state index is 0.0275. The van der Waals surface area contributed by atoms with Crippen molar-refractivity contribution < 1.29 is 28.9 Å². The second-order valence-corrected chi connectivity index (χ2v) is 9.13. The molecule has 2 aromatic rings. The van der Waals surface area contributed by atoms with Gasteiger partial charge in [0.15, 0.2) is 24.1 Å². The van der Waals surface area contributed by atoms with E-state index in [9.17, 15) is 19.5 Å². The van der Waals surface area contributed by atoms with E-state index in [0.29, 0.717) is 17.9 Å². The first-order chi connectivity index (χ1) is 15.8. The molecule has 14 heteroatoms. The van der Waals surface area contributed by atoms with E-state index in [1.54, 1.807) is 0 Å². The first-order valence-corrected chi connectivity index (χ1v) is 11.5. The van der Waals surface area contributed by atoms with Crippen molar-refractivity contribution in [1.82, 2.24) is 19.6 Å². The number of carboxylic acids is 1. The van der Waals surface area contributed by atoms with Crippen molar-refractivity contribution in [3.8, 4) is 0 Å². The number of hydrogen-bond donors (Lipinski definition) is 3. The van der Waals surface area contributed by atoms with Crippen LogP contribution in [0.4, 0.5) is 5.13 Å². The van der Waals surface area contributed by atoms with E-state index in [2.05, 4.69) is 19.8 Å². The number of aryl methyl sites for hydroxylation is 1. The number of nitrogens with zero attached hydrogens (tertiary/aromatic N) is 5. The summed E-state index contributed by atoms with van der Waals surface area (Å²) in [6.07, 6.45) is 3.71. The van der Waals surface area contributed by atoms with Crippen molar-refractivity contribution in [1.29, 1.82) is 0 Å². The maximum absolute atomic E-state index is 12.9. The molecule has 2 aliphatic rings. The summed E-state index contributed by atoms with van der Waals surface area (Å²) in [5, 5.41) is 15.7. The van der Waals surface area contributed by atoms with Crippen LogP contribution in [0.2, 0.25) is 0 Å². The molecule has 0 radical (unpaired) electrons. The molecule has 0 saturated carbocycles. The number of aliphatic carboxylic acids is 1. The standard InChI is InChI=1S/C19H19N7O5S2/c1-9-3-5-25(6-4-9)7-10-8-32-17-12(16(28)26(17)13(10)18(29)30)21-15(27)11(23-31-2)14-22-19(20)33-24-14/h3-6,12,17H,7-8H2,1-2H3,(H3-,20,21,22,24,27,29,30)/p+1/t12?,17-/m1/s1. The minimum atomic E-state index is -1.19. The van der Waals surface area contributed by atoms with Gasteiger partial charge in [-0.15, -0.1) is 11.8 Å². The number of aromatic nitrogens is 3. The van der Waals surface area contributed by atoms with Gasteiger partial charge < -0.3 is 21.0 Å². The van der Waals surface area contributed by atoms with Crippen LogP contribution in [0.3, 0.4) is 0 Å². The molecule has 4 rings (SSSR count). The first-order valence-electron chi connectivity index (χ1n) is 9.67. The molecule has 33 heavy (non-hydrogen) atoms. The fraction of sp³-hybridized carbons (Fsp3) is 0.316. The average Bonchev–Trinajstić information content (AvgIpc) is 3.22. The lowest BCUT2D eigenvalue weighted by molar-refractivity contribution is -0.689. The number of fused-ring (bicyclic) bond motifs is 1. The van der Waals surface area contributed by atoms with Crippen LogP contribution in [0.1, 0.15) is 11.4 Å². The zero-order valence-electron chi connectivity index (χ0n) is 17.6. The van der Waals surface area contributed by atoms with Gasteiger partial charge in [-0.05, 0) is 12.5 Å². The number of carboxylic acid groups (broad SMARTS) is 1. The largest absolute Gasteiger partial charge is 0.477 e. The van der Waals surface area contributed by atoms with E-state index in [0.717, 1.165) is 17.1 Å². The highest BCUT2D eigenvalue weighted by molar-refractivity contribution is 8.00. The molecule has 4 N–H and O–H groups in total. The van der Waals surface area contributed by atoms with Gasteiger partial charge in [0.2, 0.25) is 11.5 Å². The van der Waals surface area contributed by atoms with Crippen molar-refractivity contribution in [3.05, 3.63) is 47.2 Å². The third kappa shape index (κ3) is 4.39. The quantitative estimate of drug-likeness (QED) is 0.201. The van der Waals surface area contributed by atoms with Crippen LogP contribution in [0.5, 0.6) is 0 Å². The molecule has 1 unspecified atom stereocenters. The summed E-state index contributed by atoms with van der Waals surface area (Å²) in [6.45, 7) is 2.30. The zero-order chi connectivity index (χ0) is 23.7. The Morgan fingerprint density at radius 3 is 2.76 bits per heavy atom. The Labute approximate surface area is 196 Å². The van der Waals surface area contributed by atoms with Gasteiger partial charge in [-0.25, -0.2) is 9.36 Å². The summed E-state index contributed by atoms with van der Waals surface area (Å²) in [7, 11) is 1.26. The monoisotopic (exact) mass is 490 g/mol. The van der Waals surface area contributed by atoms with Crippen molar-refractivity contribution in [2.75, 3.05) is 18.6 Å². The number of rotatable bonds is 7. The third-order valence-electron chi connectivity index (χ3n) is 5.02. The second kappa shape index (κ2) is 9.15. The molecule has 172 valence electrons. The lowest BCUT2D eigenvalue weighted by atomic mass is 10.0. The maximum atomic E-state index is 12.9. The number of pyridine rings is 1. The topological polar surface area (TPSA) is 164 Å². The molecule has 2 amide bonds. The fourth-order valence-corrected chi connectivity index (χ4v) is 5.25. The van der Waals surface area contributed by atoms with Gasteiger partial charge in [0.05, 0.1) is 0 Å². The van der Waals surface area contributed by atoms with E-state index in [4.69, 9.17) is 10.6 Å². The average molecular weight is 491 g/mol. The fourth-order valence-electron chi connectivity index (χ4n) is 3.48. The Balaban J connectivity index is 1.53. The lowest BCUT2D eigenvalue weighted by Crippen LogP contribution is -2.71. The molecule has 12 nitrogen and oxygen atoms in total. The van der Waals surface area contributed by atoms with Crippen LogP contribution in [-0.4, -0.2) is 67.1 Å². The molecule has 0 aromatic carbocycles. The normalized spacial score (nSPS) is 20.2. The summed E-state index contributed by atoms with van der Waals surface area (Å²) in [4.78, 5) is 47.5. The SMILES string of the molecule is CON=C(C(=O)NC1C(=O)N2C(C(=O)O)=C(C[n+]3ccc(C)cc3)CS[C@H]12)c1nsc(N)n1. The number of thioether (sulfide) groups is 1. The summed E-state index contributed by atoms with van der Waals surface area (Å²) in [6, 6.07) is 2.91. The third-order valence-corrected chi connectivity index (χ3v) is 6.90. The number of carbonyl (C=O) groups excluding carboxylic acids is 2. The molecule has 4 heterocycles. The van der Waals surface area contributed by atoms with Crippen LogP contribution in [-0.2, 0) is 25.8 Å². The predicted octanol–water partition coefficient (Wildman–Crippen LogP) is -0.494. The molecule has 0 spiro atoms. The van der Waals surface area contributed by atoms with Gasteiger partial charge >= 0.3 is 5.97 Å². The number of nitrogens with one attached hydrogen (secondary N) is 1. The van der Waals surface area contributed by atoms with E-state index in [-0.39, 0.29) is 22.4 Å². The molecule has 0 bridgehead atoms. The highest BCUT2D eigenvalue weighted by Crippen LogP contribution is 2.40. The summed E-state index contributed by atoms with van der Waals surface area (Å²) >= 11 is 2.27. The minimum Gasteiger partial charge on any atom is -0.477 e. The van der Waals surface area contributed by atoms with Crippen LogP contribution >= 0.6 is 23.3 Å². The van der Waals surface area contributed by atoms with Crippen LogP contribution in [0.25, 0.3) is 0 Å². The van der Waals surface area contributed by atoms with Gasteiger partial charge in [-0.1, -0.05) is 5.16 Å². The molecular weight excluding hydrogens is 470 g/mol. The lowest BCUT2D eigenvalue weighted by Gasteiger charge is -2.49. The highest BCUT2D eigenvalue weighted by atomic mass is 32.2. The Morgan fingerprint density at radius 2 is 2.15 bits per heavy atom. The number of carbonyl (C=O) groups is 3. The molecule has 1 fully saturated rings. The van der Waals surface area contributed by atoms with Crippen molar-refractivity contribution in [3.63, 3.8) is 0 Å². The number of β-lactam (4-membered cyclic amide) rings is 1. The van der Waals surface area contributed by atoms with E-state index < -0.39 is 29.2 Å². The second-order valence-electron chi connectivity index (χ2n) is 7.24. The first kappa shape index (κ1) is 22.7. The van der Waals surface area contributed by atoms with Crippen LogP contribution < -0.4 is 15.6 Å². The van der Waals surface area contributed by atoms with Gasteiger partial charge in [-0.2, -0.15) is 9.36 Å². The molecule has 0 aliphatic carbocycles. The predicted molar refractivity (Wildman–Crippen MR) is 119 cm³/mol. The van der Waals surface area contributed by atoms with E-state index >= 15 is 0 Å². The van der Waals surface area contributed by atoms with Crippen molar-refractivity contribution in [2.45, 2.75) is 24.9 Å². The molecule has 2 atom stereocenters. The summed E-state index contributed by atoms with van der Waals surface area (Å²) < 4.78 is 5.80. The van der Waals surface area contributed by atoms with E-state index in [1.807, 2.05) is 36.0 Å². The number of anilines is 1. The van der Waals surface area contributed by atoms with Gasteiger partial charge in [0.1, 0.15) is 24.2 Å². The van der Waals surface area contributed by atoms with Gasteiger partial charge in [0, 0.05) is 35.0 Å². The smallest absolute Gasteiger partial charge is 0.352 e. The van der Waals surface area contributed by atoms with Gasteiger partial charge in [0.25, 0.3) is 11.8 Å². The zero-order valence-corrected chi connectivity index (χ0v) is 19.2. The van der Waals surface area contributed by atoms with Gasteiger partial charge in [-0.3, -0.25) is 14.5 Å². The number of oxime groups is 1. The highest BCUT2D eigenvalue weighted by Gasteiger charge is 2.54.